The predicted octanol–water partition coefficient (Wildman–Crippen LogP) is 2.69. The molecule has 0 aromatic carbocycles. The third-order valence-electron chi connectivity index (χ3n) is 3.30. The molecule has 0 atom stereocenters. The molecule has 1 N–H and O–H groups in total. The summed E-state index contributed by atoms with van der Waals surface area (Å²) >= 11 is 1.70. The molecule has 0 saturated heterocycles. The molecule has 5 heteroatoms. The molecule has 0 radical (unpaired) electrons. The van der Waals surface area contributed by atoms with E-state index in [1.807, 2.05) is 46.4 Å². The van der Waals surface area contributed by atoms with E-state index in [0.717, 1.165) is 24.2 Å². The smallest absolute Gasteiger partial charge is 0.220 e. The first-order chi connectivity index (χ1) is 10.3. The van der Waals surface area contributed by atoms with Crippen molar-refractivity contribution >= 4 is 22.9 Å². The highest BCUT2D eigenvalue weighted by molar-refractivity contribution is 7.09. The van der Waals surface area contributed by atoms with Gasteiger partial charge in [-0.05, 0) is 30.0 Å². The zero-order chi connectivity index (χ0) is 14.5. The van der Waals surface area contributed by atoms with E-state index in [2.05, 4.69) is 16.4 Å². The number of amides is 1. The van der Waals surface area contributed by atoms with Crippen LogP contribution in [0.5, 0.6) is 0 Å². The van der Waals surface area contributed by atoms with Crippen LogP contribution in [0.3, 0.4) is 0 Å². The maximum absolute atomic E-state index is 11.8. The summed E-state index contributed by atoms with van der Waals surface area (Å²) in [6, 6.07) is 10.0. The number of carbonyl (C=O) groups excluding carboxylic acids is 1. The van der Waals surface area contributed by atoms with Crippen molar-refractivity contribution in [2.75, 3.05) is 6.54 Å². The van der Waals surface area contributed by atoms with Crippen molar-refractivity contribution in [3.8, 4) is 0 Å². The molecule has 0 aliphatic heterocycles. The first-order valence-electron chi connectivity index (χ1n) is 7.03. The molecule has 0 fully saturated rings. The lowest BCUT2D eigenvalue weighted by Gasteiger charge is -2.03. The zero-order valence-electron chi connectivity index (χ0n) is 11.7. The van der Waals surface area contributed by atoms with E-state index in [9.17, 15) is 4.79 Å². The van der Waals surface area contributed by atoms with Crippen molar-refractivity contribution in [1.29, 1.82) is 0 Å². The van der Waals surface area contributed by atoms with Crippen molar-refractivity contribution in [2.24, 2.45) is 0 Å². The summed E-state index contributed by atoms with van der Waals surface area (Å²) in [5.41, 5.74) is 1.94. The van der Waals surface area contributed by atoms with E-state index in [1.165, 1.54) is 4.88 Å². The van der Waals surface area contributed by atoms with Gasteiger partial charge in [-0.25, -0.2) is 4.98 Å². The van der Waals surface area contributed by atoms with Gasteiger partial charge in [0.1, 0.15) is 5.65 Å². The Morgan fingerprint density at radius 1 is 1.24 bits per heavy atom. The molecule has 0 unspecified atom stereocenters. The number of pyridine rings is 1. The Kier molecular flexibility index (Phi) is 4.31. The van der Waals surface area contributed by atoms with Crippen molar-refractivity contribution in [2.45, 2.75) is 19.3 Å². The van der Waals surface area contributed by atoms with Crippen LogP contribution in [0.4, 0.5) is 0 Å². The van der Waals surface area contributed by atoms with Crippen molar-refractivity contribution in [3.05, 3.63) is 58.7 Å². The number of imidazole rings is 1. The van der Waals surface area contributed by atoms with Crippen LogP contribution in [-0.4, -0.2) is 21.8 Å². The summed E-state index contributed by atoms with van der Waals surface area (Å²) in [5, 5.41) is 4.99. The van der Waals surface area contributed by atoms with Gasteiger partial charge in [0.2, 0.25) is 5.91 Å². The van der Waals surface area contributed by atoms with E-state index in [1.54, 1.807) is 11.3 Å². The number of aromatic nitrogens is 2. The third-order valence-corrected chi connectivity index (χ3v) is 4.23. The molecule has 0 aliphatic carbocycles. The first-order valence-corrected chi connectivity index (χ1v) is 7.91. The molecule has 0 aliphatic rings. The Labute approximate surface area is 127 Å². The standard InChI is InChI=1S/C16H17N3OS/c20-16(7-6-14-4-3-11-21-14)17-9-8-13-12-19-10-2-1-5-15(19)18-13/h1-5,10-12H,6-9H2,(H,17,20). The normalized spacial score (nSPS) is 10.9. The molecule has 0 saturated carbocycles. The molecule has 0 spiro atoms. The van der Waals surface area contributed by atoms with Crippen LogP contribution < -0.4 is 5.32 Å². The van der Waals surface area contributed by atoms with Crippen LogP contribution in [0.15, 0.2) is 48.1 Å². The maximum Gasteiger partial charge on any atom is 0.220 e. The second-order valence-corrected chi connectivity index (χ2v) is 5.91. The summed E-state index contributed by atoms with van der Waals surface area (Å²) in [6.07, 6.45) is 6.11. The van der Waals surface area contributed by atoms with Gasteiger partial charge in [-0.1, -0.05) is 12.1 Å². The lowest BCUT2D eigenvalue weighted by Crippen LogP contribution is -2.25. The van der Waals surface area contributed by atoms with Gasteiger partial charge < -0.3 is 9.72 Å². The van der Waals surface area contributed by atoms with Crippen LogP contribution in [0.25, 0.3) is 5.65 Å². The molecule has 3 aromatic heterocycles. The summed E-state index contributed by atoms with van der Waals surface area (Å²) in [6.45, 7) is 0.632. The second-order valence-electron chi connectivity index (χ2n) is 4.88. The van der Waals surface area contributed by atoms with Crippen LogP contribution in [-0.2, 0) is 17.6 Å². The molecule has 1 amide bonds. The van der Waals surface area contributed by atoms with Crippen LogP contribution in [0, 0.1) is 0 Å². The van der Waals surface area contributed by atoms with Crippen molar-refractivity contribution in [3.63, 3.8) is 0 Å². The number of fused-ring (bicyclic) bond motifs is 1. The summed E-state index contributed by atoms with van der Waals surface area (Å²) < 4.78 is 1.99. The van der Waals surface area contributed by atoms with E-state index < -0.39 is 0 Å². The molecule has 108 valence electrons. The first kappa shape index (κ1) is 13.8. The van der Waals surface area contributed by atoms with Crippen LogP contribution in [0.2, 0.25) is 0 Å². The fourth-order valence-electron chi connectivity index (χ4n) is 2.22. The van der Waals surface area contributed by atoms with E-state index in [-0.39, 0.29) is 5.91 Å². The highest BCUT2D eigenvalue weighted by atomic mass is 32.1. The maximum atomic E-state index is 11.8. The lowest BCUT2D eigenvalue weighted by atomic mass is 10.2. The molecular weight excluding hydrogens is 282 g/mol. The van der Waals surface area contributed by atoms with Gasteiger partial charge in [0, 0.05) is 36.7 Å². The van der Waals surface area contributed by atoms with E-state index >= 15 is 0 Å². The Bertz CT molecular complexity index is 685. The zero-order valence-corrected chi connectivity index (χ0v) is 12.5. The SMILES string of the molecule is O=C(CCc1cccs1)NCCc1cn2ccccc2n1. The average molecular weight is 299 g/mol. The number of thiophene rings is 1. The molecule has 3 heterocycles. The van der Waals surface area contributed by atoms with Gasteiger partial charge in [0.15, 0.2) is 0 Å². The summed E-state index contributed by atoms with van der Waals surface area (Å²) in [7, 11) is 0. The Morgan fingerprint density at radius 3 is 3.00 bits per heavy atom. The summed E-state index contributed by atoms with van der Waals surface area (Å²) in [5.74, 6) is 0.104. The monoisotopic (exact) mass is 299 g/mol. The average Bonchev–Trinajstić information content (AvgIpc) is 3.14. The number of nitrogens with one attached hydrogen (secondary N) is 1. The molecule has 21 heavy (non-hydrogen) atoms. The number of nitrogens with zero attached hydrogens (tertiary/aromatic N) is 2. The predicted molar refractivity (Wildman–Crippen MR) is 84.5 cm³/mol. The van der Waals surface area contributed by atoms with Gasteiger partial charge in [0.05, 0.1) is 5.69 Å². The van der Waals surface area contributed by atoms with E-state index in [4.69, 9.17) is 0 Å². The summed E-state index contributed by atoms with van der Waals surface area (Å²) in [4.78, 5) is 17.5. The fourth-order valence-corrected chi connectivity index (χ4v) is 2.93. The van der Waals surface area contributed by atoms with E-state index in [0.29, 0.717) is 13.0 Å². The number of hydrogen-bond acceptors (Lipinski definition) is 3. The van der Waals surface area contributed by atoms with Crippen molar-refractivity contribution in [1.82, 2.24) is 14.7 Å². The molecule has 4 nitrogen and oxygen atoms in total. The quantitative estimate of drug-likeness (QED) is 0.760. The number of carbonyl (C=O) groups is 1. The lowest BCUT2D eigenvalue weighted by molar-refractivity contribution is -0.121. The number of rotatable bonds is 6. The second kappa shape index (κ2) is 6.54. The number of aryl methyl sites for hydroxylation is 1. The van der Waals surface area contributed by atoms with Gasteiger partial charge in [-0.2, -0.15) is 0 Å². The molecule has 3 rings (SSSR count). The van der Waals surface area contributed by atoms with Gasteiger partial charge in [-0.15, -0.1) is 11.3 Å². The van der Waals surface area contributed by atoms with Gasteiger partial charge in [-0.3, -0.25) is 4.79 Å². The number of hydrogen-bond donors (Lipinski definition) is 1. The third kappa shape index (κ3) is 3.70. The Balaban J connectivity index is 1.44. The van der Waals surface area contributed by atoms with Crippen LogP contribution in [0.1, 0.15) is 17.0 Å². The highest BCUT2D eigenvalue weighted by Crippen LogP contribution is 2.10. The topological polar surface area (TPSA) is 46.4 Å². The highest BCUT2D eigenvalue weighted by Gasteiger charge is 2.04. The largest absolute Gasteiger partial charge is 0.356 e. The Hall–Kier alpha value is -2.14. The minimum Gasteiger partial charge on any atom is -0.356 e. The van der Waals surface area contributed by atoms with Gasteiger partial charge >= 0.3 is 0 Å². The minimum atomic E-state index is 0.104. The molecular formula is C16H17N3OS. The Morgan fingerprint density at radius 2 is 2.19 bits per heavy atom. The fraction of sp³-hybridized carbons (Fsp3) is 0.250. The van der Waals surface area contributed by atoms with Crippen LogP contribution >= 0.6 is 11.3 Å². The van der Waals surface area contributed by atoms with Gasteiger partial charge in [0.25, 0.3) is 0 Å². The molecule has 3 aromatic rings. The van der Waals surface area contributed by atoms with Crippen molar-refractivity contribution < 1.29 is 4.79 Å². The molecule has 0 bridgehead atoms. The minimum absolute atomic E-state index is 0.104.